The van der Waals surface area contributed by atoms with E-state index in [1.54, 1.807) is 35.8 Å². The first-order valence-electron chi connectivity index (χ1n) is 14.5. The van der Waals surface area contributed by atoms with Crippen LogP contribution in [0.2, 0.25) is 0 Å². The fraction of sp³-hybridized carbons (Fsp3) is 0.406. The van der Waals surface area contributed by atoms with Crippen LogP contribution in [-0.4, -0.2) is 64.4 Å². The van der Waals surface area contributed by atoms with Gasteiger partial charge in [0.15, 0.2) is 11.6 Å². The van der Waals surface area contributed by atoms with E-state index in [1.807, 2.05) is 38.1 Å². The number of likely N-dealkylation sites (tertiary alicyclic amines) is 1. The number of pyridine rings is 1. The number of hydrogen-bond donors (Lipinski definition) is 2. The van der Waals surface area contributed by atoms with Gasteiger partial charge in [-0.25, -0.2) is 15.0 Å². The van der Waals surface area contributed by atoms with Crippen LogP contribution in [0.3, 0.4) is 0 Å². The first-order chi connectivity index (χ1) is 20.7. The van der Waals surface area contributed by atoms with E-state index in [0.29, 0.717) is 33.6 Å². The van der Waals surface area contributed by atoms with Crippen molar-refractivity contribution in [3.63, 3.8) is 0 Å². The number of rotatable bonds is 7. The van der Waals surface area contributed by atoms with Crippen LogP contribution >= 0.6 is 15.9 Å². The summed E-state index contributed by atoms with van der Waals surface area (Å²) in [6.45, 7) is 10.5. The Balaban J connectivity index is 1.31. The zero-order valence-electron chi connectivity index (χ0n) is 25.5. The van der Waals surface area contributed by atoms with E-state index >= 15 is 0 Å². The van der Waals surface area contributed by atoms with Crippen molar-refractivity contribution < 1.29 is 19.5 Å². The van der Waals surface area contributed by atoms with Crippen molar-refractivity contribution in [1.29, 1.82) is 0 Å². The Labute approximate surface area is 263 Å². The third-order valence-corrected chi connectivity index (χ3v) is 9.16. The van der Waals surface area contributed by atoms with E-state index in [4.69, 9.17) is 0 Å². The molecule has 12 heteroatoms. The molecule has 1 aliphatic heterocycles. The molecule has 2 aliphatic rings. The summed E-state index contributed by atoms with van der Waals surface area (Å²) in [6.07, 6.45) is 4.68. The number of anilines is 1. The van der Waals surface area contributed by atoms with Gasteiger partial charge >= 0.3 is 0 Å². The molecular weight excluding hydrogens is 626 g/mol. The van der Waals surface area contributed by atoms with E-state index in [0.717, 1.165) is 28.7 Å². The summed E-state index contributed by atoms with van der Waals surface area (Å²) in [5.41, 5.74) is 2.80. The number of nitrogens with one attached hydrogen (secondary N) is 1. The lowest BCUT2D eigenvalue weighted by Crippen LogP contribution is -2.47. The van der Waals surface area contributed by atoms with Gasteiger partial charge in [-0.15, -0.1) is 0 Å². The number of fused-ring (bicyclic) bond motifs is 2. The van der Waals surface area contributed by atoms with Crippen molar-refractivity contribution in [1.82, 2.24) is 29.6 Å². The monoisotopic (exact) mass is 659 g/mol. The van der Waals surface area contributed by atoms with Crippen molar-refractivity contribution >= 4 is 50.2 Å². The Morgan fingerprint density at radius 3 is 2.45 bits per heavy atom. The second-order valence-electron chi connectivity index (χ2n) is 12.8. The summed E-state index contributed by atoms with van der Waals surface area (Å²) in [7, 11) is 0. The van der Waals surface area contributed by atoms with E-state index < -0.39 is 11.6 Å². The number of hydrogen-bond acceptors (Lipinski definition) is 8. The summed E-state index contributed by atoms with van der Waals surface area (Å²) in [4.78, 5) is 54.9. The fourth-order valence-electron chi connectivity index (χ4n) is 6.26. The van der Waals surface area contributed by atoms with Crippen LogP contribution in [0.5, 0.6) is 0 Å². The first kappa shape index (κ1) is 30.0. The minimum Gasteiger partial charge on any atom is -0.382 e. The molecule has 3 aromatic heterocycles. The maximum Gasteiger partial charge on any atom is 0.248 e. The number of aromatic nitrogens is 5. The zero-order valence-corrected chi connectivity index (χ0v) is 27.1. The third-order valence-electron chi connectivity index (χ3n) is 8.72. The Kier molecular flexibility index (Phi) is 7.20. The summed E-state index contributed by atoms with van der Waals surface area (Å²) in [6, 6.07) is 6.80. The van der Waals surface area contributed by atoms with Gasteiger partial charge in [0.2, 0.25) is 11.8 Å². The maximum absolute atomic E-state index is 14.0. The average molecular weight is 661 g/mol. The van der Waals surface area contributed by atoms with Crippen LogP contribution < -0.4 is 5.32 Å². The molecule has 1 aliphatic carbocycles. The molecule has 0 spiro atoms. The number of halogens is 1. The van der Waals surface area contributed by atoms with Crippen LogP contribution in [0.1, 0.15) is 68.0 Å². The molecule has 0 radical (unpaired) electrons. The standard InChI is InChI=1S/C32H34BrN7O4/c1-16-7-8-24(33)36-28(16)37-29(43)22-11-32(6)12-23(32)40(22)25(42)15-39-27-17(2)9-19(10-21(27)26(38-39)18(3)41)20-13-34-30(35-14-20)31(4,5)44/h7-10,13-14,22-23,44H,11-12,15H2,1-6H3,(H,36,37,43)/t22-,23+,32-/m0/s1. The molecule has 2 fully saturated rings. The highest BCUT2D eigenvalue weighted by Gasteiger charge is 2.64. The largest absolute Gasteiger partial charge is 0.382 e. The molecule has 11 nitrogen and oxygen atoms in total. The Morgan fingerprint density at radius 1 is 1.09 bits per heavy atom. The molecule has 1 aromatic carbocycles. The minimum atomic E-state index is -1.17. The molecule has 3 atom stereocenters. The summed E-state index contributed by atoms with van der Waals surface area (Å²) < 4.78 is 2.19. The molecule has 228 valence electrons. The molecule has 1 saturated heterocycles. The van der Waals surface area contributed by atoms with Crippen LogP contribution in [0.15, 0.2) is 41.3 Å². The summed E-state index contributed by atoms with van der Waals surface area (Å²) in [5.74, 6) is 0.0379. The van der Waals surface area contributed by atoms with Gasteiger partial charge in [-0.3, -0.25) is 19.1 Å². The molecular formula is C32H34BrN7O4. The Bertz CT molecular complexity index is 1850. The number of benzene rings is 1. The topological polar surface area (TPSA) is 143 Å². The van der Waals surface area contributed by atoms with Gasteiger partial charge in [0.05, 0.1) is 5.52 Å². The molecule has 44 heavy (non-hydrogen) atoms. The number of aryl methyl sites for hydroxylation is 2. The number of amides is 2. The SMILES string of the molecule is CC(=O)c1nn(CC(=O)N2[C@H](C(=O)Nc3nc(Br)ccc3C)C[C@@]3(C)C[C@@H]23)c2c(C)cc(-c3cnc(C(C)(C)O)nc3)cc12. The van der Waals surface area contributed by atoms with Crippen molar-refractivity contribution in [2.24, 2.45) is 5.41 Å². The number of nitrogens with zero attached hydrogens (tertiary/aromatic N) is 6. The van der Waals surface area contributed by atoms with E-state index in [-0.39, 0.29) is 41.3 Å². The molecule has 4 heterocycles. The van der Waals surface area contributed by atoms with Gasteiger partial charge in [-0.2, -0.15) is 5.10 Å². The van der Waals surface area contributed by atoms with Crippen LogP contribution in [0.4, 0.5) is 5.82 Å². The molecule has 4 aromatic rings. The fourth-order valence-corrected chi connectivity index (χ4v) is 6.57. The second kappa shape index (κ2) is 10.6. The predicted molar refractivity (Wildman–Crippen MR) is 168 cm³/mol. The van der Waals surface area contributed by atoms with E-state index in [9.17, 15) is 19.5 Å². The normalized spacial score (nSPS) is 21.0. The lowest BCUT2D eigenvalue weighted by molar-refractivity contribution is -0.138. The Hall–Kier alpha value is -4.03. The number of ketones is 1. The highest BCUT2D eigenvalue weighted by molar-refractivity contribution is 9.10. The Morgan fingerprint density at radius 2 is 1.80 bits per heavy atom. The van der Waals surface area contributed by atoms with Gasteiger partial charge in [-0.1, -0.05) is 13.0 Å². The van der Waals surface area contributed by atoms with Crippen molar-refractivity contribution in [3.8, 4) is 11.1 Å². The van der Waals surface area contributed by atoms with Gasteiger partial charge < -0.3 is 15.3 Å². The van der Waals surface area contributed by atoms with Crippen LogP contribution in [-0.2, 0) is 21.7 Å². The van der Waals surface area contributed by atoms with E-state index in [2.05, 4.69) is 48.2 Å². The molecule has 1 saturated carbocycles. The van der Waals surface area contributed by atoms with Crippen molar-refractivity contribution in [2.75, 3.05) is 5.32 Å². The van der Waals surface area contributed by atoms with Gasteiger partial charge in [0.1, 0.15) is 34.3 Å². The molecule has 6 rings (SSSR count). The van der Waals surface area contributed by atoms with Crippen molar-refractivity contribution in [2.45, 2.75) is 78.6 Å². The molecule has 2 N–H and O–H groups in total. The highest BCUT2D eigenvalue weighted by atomic mass is 79.9. The second-order valence-corrected chi connectivity index (χ2v) is 13.6. The number of carbonyl (C=O) groups excluding carboxylic acids is 3. The lowest BCUT2D eigenvalue weighted by Gasteiger charge is -2.27. The zero-order chi connectivity index (χ0) is 31.7. The number of carbonyl (C=O) groups is 3. The number of piperidine rings is 1. The average Bonchev–Trinajstić information content (AvgIpc) is 3.30. The maximum atomic E-state index is 14.0. The number of aliphatic hydroxyl groups is 1. The smallest absolute Gasteiger partial charge is 0.248 e. The van der Waals surface area contributed by atoms with E-state index in [1.165, 1.54) is 6.92 Å². The highest BCUT2D eigenvalue weighted by Crippen LogP contribution is 2.59. The molecule has 0 bridgehead atoms. The quantitative estimate of drug-likeness (QED) is 0.214. The summed E-state index contributed by atoms with van der Waals surface area (Å²) >= 11 is 3.36. The number of Topliss-reactive ketones (excluding diaryl/α,β-unsaturated/α-hetero) is 1. The van der Waals surface area contributed by atoms with Gasteiger partial charge in [0.25, 0.3) is 0 Å². The van der Waals surface area contributed by atoms with Gasteiger partial charge in [-0.05, 0) is 96.8 Å². The molecule has 2 amide bonds. The van der Waals surface area contributed by atoms with Crippen LogP contribution in [0.25, 0.3) is 22.0 Å². The third kappa shape index (κ3) is 5.30. The lowest BCUT2D eigenvalue weighted by atomic mass is 10.0. The van der Waals surface area contributed by atoms with Crippen molar-refractivity contribution in [3.05, 3.63) is 63.9 Å². The van der Waals surface area contributed by atoms with Crippen LogP contribution in [0, 0.1) is 19.3 Å². The predicted octanol–water partition coefficient (Wildman–Crippen LogP) is 4.72. The summed E-state index contributed by atoms with van der Waals surface area (Å²) in [5, 5.41) is 18.4. The minimum absolute atomic E-state index is 0.0315. The molecule has 0 unspecified atom stereocenters. The van der Waals surface area contributed by atoms with Gasteiger partial charge in [0, 0.05) is 36.3 Å². The first-order valence-corrected chi connectivity index (χ1v) is 15.3.